The Kier molecular flexibility index (Phi) is 4.96. The molecular weight excluding hydrogens is 368 g/mol. The number of carbonyl (C=O) groups is 3. The van der Waals surface area contributed by atoms with E-state index in [2.05, 4.69) is 0 Å². The third-order valence-corrected chi connectivity index (χ3v) is 5.89. The Labute approximate surface area is 170 Å². The molecule has 150 valence electrons. The molecule has 2 atom stereocenters. The Morgan fingerprint density at radius 2 is 1.76 bits per heavy atom. The molecular formula is C23H24N2O4. The summed E-state index contributed by atoms with van der Waals surface area (Å²) < 4.78 is 5.01. The van der Waals surface area contributed by atoms with Crippen LogP contribution in [0.3, 0.4) is 0 Å². The number of anilines is 1. The zero-order chi connectivity index (χ0) is 20.7. The first kappa shape index (κ1) is 19.3. The second-order valence-corrected chi connectivity index (χ2v) is 7.76. The maximum Gasteiger partial charge on any atom is 0.323 e. The molecule has 2 aromatic rings. The average molecular weight is 392 g/mol. The van der Waals surface area contributed by atoms with Crippen molar-refractivity contribution < 1.29 is 19.1 Å². The molecule has 0 N–H and O–H groups in total. The third-order valence-electron chi connectivity index (χ3n) is 5.89. The van der Waals surface area contributed by atoms with Gasteiger partial charge in [-0.2, -0.15) is 0 Å². The van der Waals surface area contributed by atoms with Crippen LogP contribution in [0.15, 0.2) is 42.5 Å². The van der Waals surface area contributed by atoms with E-state index in [9.17, 15) is 14.4 Å². The van der Waals surface area contributed by atoms with Crippen LogP contribution in [-0.2, 0) is 32.1 Å². The van der Waals surface area contributed by atoms with E-state index in [0.717, 1.165) is 22.3 Å². The number of hydrogen-bond donors (Lipinski definition) is 0. The lowest BCUT2D eigenvalue weighted by atomic mass is 9.92. The van der Waals surface area contributed by atoms with Crippen molar-refractivity contribution in [2.45, 2.75) is 45.3 Å². The lowest BCUT2D eigenvalue weighted by Gasteiger charge is -2.37. The largest absolute Gasteiger partial charge is 0.468 e. The van der Waals surface area contributed by atoms with Crippen molar-refractivity contribution in [3.8, 4) is 0 Å². The van der Waals surface area contributed by atoms with Gasteiger partial charge in [-0.3, -0.25) is 19.3 Å². The highest BCUT2D eigenvalue weighted by atomic mass is 16.5. The Bertz CT molecular complexity index is 1000. The van der Waals surface area contributed by atoms with Gasteiger partial charge in [-0.25, -0.2) is 4.90 Å². The fourth-order valence-electron chi connectivity index (χ4n) is 4.31. The minimum Gasteiger partial charge on any atom is -0.468 e. The Morgan fingerprint density at radius 1 is 1.03 bits per heavy atom. The topological polar surface area (TPSA) is 66.9 Å². The minimum atomic E-state index is -0.681. The lowest BCUT2D eigenvalue weighted by Crippen LogP contribution is -2.53. The number of ether oxygens (including phenoxy) is 1. The molecule has 0 aliphatic carbocycles. The zero-order valence-corrected chi connectivity index (χ0v) is 16.8. The van der Waals surface area contributed by atoms with Gasteiger partial charge in [-0.1, -0.05) is 36.4 Å². The van der Waals surface area contributed by atoms with E-state index < -0.39 is 12.1 Å². The normalized spacial score (nSPS) is 22.0. The van der Waals surface area contributed by atoms with E-state index in [1.165, 1.54) is 12.0 Å². The van der Waals surface area contributed by atoms with Crippen molar-refractivity contribution in [3.05, 3.63) is 64.7 Å². The summed E-state index contributed by atoms with van der Waals surface area (Å²) in [6, 6.07) is 12.3. The van der Waals surface area contributed by atoms with Gasteiger partial charge in [0.15, 0.2) is 0 Å². The van der Waals surface area contributed by atoms with Gasteiger partial charge >= 0.3 is 5.97 Å². The van der Waals surface area contributed by atoms with E-state index in [1.807, 2.05) is 61.2 Å². The maximum absolute atomic E-state index is 13.4. The van der Waals surface area contributed by atoms with Crippen LogP contribution >= 0.6 is 0 Å². The zero-order valence-electron chi connectivity index (χ0n) is 16.8. The van der Waals surface area contributed by atoms with E-state index in [0.29, 0.717) is 18.7 Å². The first-order valence-electron chi connectivity index (χ1n) is 9.75. The molecule has 6 nitrogen and oxygen atoms in total. The van der Waals surface area contributed by atoms with E-state index >= 15 is 0 Å². The van der Waals surface area contributed by atoms with Crippen molar-refractivity contribution in [2.24, 2.45) is 0 Å². The van der Waals surface area contributed by atoms with Crippen molar-refractivity contribution in [1.82, 2.24) is 4.90 Å². The predicted octanol–water partition coefficient (Wildman–Crippen LogP) is 2.54. The molecule has 0 spiro atoms. The molecule has 1 saturated heterocycles. The number of aryl methyl sites for hydroxylation is 2. The summed E-state index contributed by atoms with van der Waals surface area (Å²) in [5, 5.41) is 0. The van der Waals surface area contributed by atoms with Crippen LogP contribution in [0.5, 0.6) is 0 Å². The molecule has 0 bridgehead atoms. The van der Waals surface area contributed by atoms with Crippen molar-refractivity contribution in [1.29, 1.82) is 0 Å². The Balaban J connectivity index is 1.70. The summed E-state index contributed by atoms with van der Waals surface area (Å²) in [5.41, 5.74) is 4.61. The van der Waals surface area contributed by atoms with Gasteiger partial charge in [-0.15, -0.1) is 0 Å². The summed E-state index contributed by atoms with van der Waals surface area (Å²) >= 11 is 0. The molecule has 6 heteroatoms. The fraction of sp³-hybridized carbons (Fsp3) is 0.348. The lowest BCUT2D eigenvalue weighted by molar-refractivity contribution is -0.149. The van der Waals surface area contributed by atoms with E-state index in [4.69, 9.17) is 4.74 Å². The number of methoxy groups -OCH3 is 1. The summed E-state index contributed by atoms with van der Waals surface area (Å²) in [6.45, 7) is 4.25. The second-order valence-electron chi connectivity index (χ2n) is 7.76. The summed E-state index contributed by atoms with van der Waals surface area (Å²) in [5.74, 6) is -0.905. The van der Waals surface area contributed by atoms with Gasteiger partial charge < -0.3 is 4.74 Å². The summed E-state index contributed by atoms with van der Waals surface area (Å²) in [4.78, 5) is 41.8. The molecule has 2 aromatic carbocycles. The SMILES string of the molecule is COC(=O)[C@@H]1Cc2ccccc2CN1[C@@H]1CC(=O)N(c2cc(C)ccc2C)C1=O. The minimum absolute atomic E-state index is 0.0574. The van der Waals surface area contributed by atoms with Crippen LogP contribution in [0.2, 0.25) is 0 Å². The first-order valence-corrected chi connectivity index (χ1v) is 9.75. The molecule has 2 aliphatic heterocycles. The summed E-state index contributed by atoms with van der Waals surface area (Å²) in [7, 11) is 1.35. The number of esters is 1. The molecule has 2 aliphatic rings. The van der Waals surface area contributed by atoms with Crippen LogP contribution in [0, 0.1) is 13.8 Å². The molecule has 0 saturated carbocycles. The number of imide groups is 1. The number of nitrogens with zero attached hydrogens (tertiary/aromatic N) is 2. The fourth-order valence-corrected chi connectivity index (χ4v) is 4.31. The monoisotopic (exact) mass is 392 g/mol. The van der Waals surface area contributed by atoms with Gasteiger partial charge in [0.05, 0.1) is 19.2 Å². The standard InChI is InChI=1S/C23H24N2O4/c1-14-8-9-15(2)18(10-14)25-21(26)12-19(22(25)27)24-13-17-7-5-4-6-16(17)11-20(24)23(28)29-3/h4-10,19-20H,11-13H2,1-3H3/t19-,20+/m1/s1. The van der Waals surface area contributed by atoms with Crippen molar-refractivity contribution in [2.75, 3.05) is 12.0 Å². The second kappa shape index (κ2) is 7.44. The van der Waals surface area contributed by atoms with Crippen LogP contribution in [0.4, 0.5) is 5.69 Å². The van der Waals surface area contributed by atoms with Crippen molar-refractivity contribution >= 4 is 23.5 Å². The highest BCUT2D eigenvalue weighted by molar-refractivity contribution is 6.22. The van der Waals surface area contributed by atoms with E-state index in [-0.39, 0.29) is 24.2 Å². The van der Waals surface area contributed by atoms with Gasteiger partial charge in [0.25, 0.3) is 5.91 Å². The van der Waals surface area contributed by atoms with E-state index in [1.54, 1.807) is 0 Å². The molecule has 0 radical (unpaired) electrons. The molecule has 2 amide bonds. The van der Waals surface area contributed by atoms with Gasteiger partial charge in [0, 0.05) is 6.54 Å². The average Bonchev–Trinajstić information content (AvgIpc) is 3.02. The van der Waals surface area contributed by atoms with Crippen LogP contribution in [0.1, 0.15) is 28.7 Å². The Hall–Kier alpha value is -2.99. The maximum atomic E-state index is 13.4. The smallest absolute Gasteiger partial charge is 0.323 e. The number of amides is 2. The molecule has 29 heavy (non-hydrogen) atoms. The number of benzene rings is 2. The van der Waals surface area contributed by atoms with Gasteiger partial charge in [-0.05, 0) is 48.6 Å². The number of fused-ring (bicyclic) bond motifs is 1. The van der Waals surface area contributed by atoms with Crippen LogP contribution in [0.25, 0.3) is 0 Å². The first-order chi connectivity index (χ1) is 13.9. The molecule has 2 heterocycles. The van der Waals surface area contributed by atoms with Crippen molar-refractivity contribution in [3.63, 3.8) is 0 Å². The highest BCUT2D eigenvalue weighted by Gasteiger charge is 2.47. The van der Waals surface area contributed by atoms with Gasteiger partial charge in [0.2, 0.25) is 5.91 Å². The number of hydrogen-bond acceptors (Lipinski definition) is 5. The Morgan fingerprint density at radius 3 is 2.48 bits per heavy atom. The third kappa shape index (κ3) is 3.34. The summed E-state index contributed by atoms with van der Waals surface area (Å²) in [6.07, 6.45) is 0.520. The molecule has 0 aromatic heterocycles. The van der Waals surface area contributed by atoms with Gasteiger partial charge in [0.1, 0.15) is 12.1 Å². The molecule has 4 rings (SSSR count). The predicted molar refractivity (Wildman–Crippen MR) is 108 cm³/mol. The highest BCUT2D eigenvalue weighted by Crippen LogP contribution is 2.33. The molecule has 0 unspecified atom stereocenters. The van der Waals surface area contributed by atoms with Crippen LogP contribution in [-0.4, -0.2) is 41.9 Å². The quantitative estimate of drug-likeness (QED) is 0.593. The number of carbonyl (C=O) groups excluding carboxylic acids is 3. The number of rotatable bonds is 3. The van der Waals surface area contributed by atoms with Crippen LogP contribution < -0.4 is 4.90 Å². The molecule has 1 fully saturated rings.